The monoisotopic (exact) mass is 382 g/mol. The maximum atomic E-state index is 13.2. The van der Waals surface area contributed by atoms with Gasteiger partial charge in [-0.25, -0.2) is 19.2 Å². The van der Waals surface area contributed by atoms with Crippen molar-refractivity contribution >= 4 is 22.8 Å². The van der Waals surface area contributed by atoms with Crippen molar-refractivity contribution in [3.05, 3.63) is 50.7 Å². The summed E-state index contributed by atoms with van der Waals surface area (Å²) >= 11 is 0. The number of hydrogen-bond acceptors (Lipinski definition) is 3. The highest BCUT2D eigenvalue weighted by Gasteiger charge is 2.33. The molecule has 0 atom stereocenters. The number of imidazole rings is 1. The number of fused-ring (bicyclic) bond motifs is 3. The summed E-state index contributed by atoms with van der Waals surface area (Å²) in [6.45, 7) is 6.30. The quantitative estimate of drug-likeness (QED) is 0.688. The third-order valence-corrected chi connectivity index (χ3v) is 5.69. The molecule has 0 aliphatic carbocycles. The van der Waals surface area contributed by atoms with Gasteiger partial charge in [0.2, 0.25) is 11.2 Å². The first-order valence-electron chi connectivity index (χ1n) is 10.2. The highest BCUT2D eigenvalue weighted by molar-refractivity contribution is 5.70. The lowest BCUT2D eigenvalue weighted by Crippen LogP contribution is -2.49. The Labute approximate surface area is 163 Å². The molecule has 0 saturated carbocycles. The van der Waals surface area contributed by atoms with Crippen LogP contribution in [0.25, 0.3) is 11.2 Å². The lowest BCUT2D eigenvalue weighted by atomic mass is 10.1. The average Bonchev–Trinajstić information content (AvgIpc) is 3.12. The molecular weight excluding hydrogens is 354 g/mol. The molecule has 148 valence electrons. The lowest BCUT2D eigenvalue weighted by Gasteiger charge is -2.22. The van der Waals surface area contributed by atoms with Crippen molar-refractivity contribution < 1.29 is 4.57 Å². The van der Waals surface area contributed by atoms with Crippen LogP contribution in [-0.4, -0.2) is 20.7 Å². The standard InChI is InChI=1S/C21H27N5O2/c1-4-6-12-26-19(27)17-18(23(3)21(26)28)22-20-24(13-7-14-25(17)20)16-10-8-15(5-2)9-11-16/h8-11H,4-7,12-14H2,1-3H3/p+1. The van der Waals surface area contributed by atoms with E-state index in [9.17, 15) is 9.59 Å². The van der Waals surface area contributed by atoms with Gasteiger partial charge in [-0.2, -0.15) is 0 Å². The maximum Gasteiger partial charge on any atom is 0.364 e. The number of rotatable bonds is 5. The normalized spacial score (nSPS) is 13.9. The van der Waals surface area contributed by atoms with Gasteiger partial charge in [-0.15, -0.1) is 0 Å². The number of anilines is 2. The molecule has 0 fully saturated rings. The molecule has 0 unspecified atom stereocenters. The van der Waals surface area contributed by atoms with Gasteiger partial charge in [0.15, 0.2) is 0 Å². The van der Waals surface area contributed by atoms with Crippen molar-refractivity contribution in [2.75, 3.05) is 11.4 Å². The van der Waals surface area contributed by atoms with E-state index in [-0.39, 0.29) is 11.2 Å². The molecule has 3 heterocycles. The van der Waals surface area contributed by atoms with Crippen LogP contribution in [0.4, 0.5) is 11.6 Å². The van der Waals surface area contributed by atoms with Crippen LogP contribution in [0, 0.1) is 0 Å². The zero-order chi connectivity index (χ0) is 19.8. The first-order chi connectivity index (χ1) is 13.6. The van der Waals surface area contributed by atoms with Crippen molar-refractivity contribution in [2.45, 2.75) is 52.6 Å². The van der Waals surface area contributed by atoms with Crippen LogP contribution in [0.5, 0.6) is 0 Å². The van der Waals surface area contributed by atoms with Gasteiger partial charge in [-0.3, -0.25) is 13.9 Å². The zero-order valence-electron chi connectivity index (χ0n) is 16.9. The van der Waals surface area contributed by atoms with Crippen LogP contribution in [0.2, 0.25) is 0 Å². The zero-order valence-corrected chi connectivity index (χ0v) is 16.9. The van der Waals surface area contributed by atoms with E-state index in [1.807, 2.05) is 4.57 Å². The van der Waals surface area contributed by atoms with E-state index in [2.05, 4.69) is 48.0 Å². The van der Waals surface area contributed by atoms with Crippen molar-refractivity contribution in [2.24, 2.45) is 7.05 Å². The molecule has 1 aliphatic rings. The van der Waals surface area contributed by atoms with E-state index < -0.39 is 0 Å². The third kappa shape index (κ3) is 2.85. The predicted octanol–water partition coefficient (Wildman–Crippen LogP) is 2.22. The van der Waals surface area contributed by atoms with Crippen molar-refractivity contribution in [3.8, 4) is 0 Å². The van der Waals surface area contributed by atoms with E-state index in [0.717, 1.165) is 50.4 Å². The number of hydrogen-bond donors (Lipinski definition) is 1. The Hall–Kier alpha value is -2.83. The molecular formula is C21H28N5O2+. The van der Waals surface area contributed by atoms with Crippen LogP contribution in [0.1, 0.15) is 38.7 Å². The van der Waals surface area contributed by atoms with Crippen molar-refractivity contribution in [1.82, 2.24) is 14.1 Å². The van der Waals surface area contributed by atoms with Gasteiger partial charge in [0.25, 0.3) is 5.56 Å². The lowest BCUT2D eigenvalue weighted by molar-refractivity contribution is -0.663. The summed E-state index contributed by atoms with van der Waals surface area (Å²) in [5.74, 6) is 0.867. The summed E-state index contributed by atoms with van der Waals surface area (Å²) in [6, 6.07) is 8.53. The van der Waals surface area contributed by atoms with E-state index in [4.69, 9.17) is 0 Å². The fourth-order valence-corrected chi connectivity index (χ4v) is 4.02. The molecule has 3 aromatic rings. The Bertz CT molecular complexity index is 1120. The van der Waals surface area contributed by atoms with Crippen molar-refractivity contribution in [3.63, 3.8) is 0 Å². The van der Waals surface area contributed by atoms with Crippen LogP contribution < -0.4 is 20.7 Å². The molecule has 1 N–H and O–H groups in total. The van der Waals surface area contributed by atoms with Gasteiger partial charge in [0.05, 0.1) is 13.1 Å². The van der Waals surface area contributed by atoms with Gasteiger partial charge in [-0.05, 0) is 30.5 Å². The molecule has 0 saturated heterocycles. The number of benzene rings is 1. The van der Waals surface area contributed by atoms with Crippen LogP contribution in [-0.2, 0) is 26.6 Å². The number of nitrogens with one attached hydrogen (secondary N) is 1. The molecule has 1 aromatic carbocycles. The summed E-state index contributed by atoms with van der Waals surface area (Å²) in [4.78, 5) is 31.4. The second kappa shape index (κ2) is 7.30. The summed E-state index contributed by atoms with van der Waals surface area (Å²) in [5, 5.41) is 0. The molecule has 0 radical (unpaired) electrons. The summed E-state index contributed by atoms with van der Waals surface area (Å²) in [6.07, 6.45) is 3.70. The van der Waals surface area contributed by atoms with Crippen molar-refractivity contribution in [1.29, 1.82) is 0 Å². The number of aromatic amines is 1. The predicted molar refractivity (Wildman–Crippen MR) is 110 cm³/mol. The average molecular weight is 382 g/mol. The van der Waals surface area contributed by atoms with Gasteiger partial charge < -0.3 is 0 Å². The fraction of sp³-hybridized carbons (Fsp3) is 0.476. The maximum absolute atomic E-state index is 13.2. The number of unbranched alkanes of at least 4 members (excludes halogenated alkanes) is 1. The first-order valence-corrected chi connectivity index (χ1v) is 10.2. The highest BCUT2D eigenvalue weighted by Crippen LogP contribution is 2.26. The van der Waals surface area contributed by atoms with E-state index >= 15 is 0 Å². The Balaban J connectivity index is 1.90. The number of H-pyrrole nitrogens is 1. The summed E-state index contributed by atoms with van der Waals surface area (Å²) in [7, 11) is 1.73. The minimum Gasteiger partial charge on any atom is -0.267 e. The number of nitrogens with zero attached hydrogens (tertiary/aromatic N) is 4. The Kier molecular flexibility index (Phi) is 4.83. The Morgan fingerprint density at radius 3 is 2.57 bits per heavy atom. The van der Waals surface area contributed by atoms with Crippen LogP contribution in [0.15, 0.2) is 33.9 Å². The third-order valence-electron chi connectivity index (χ3n) is 5.69. The molecule has 1 aliphatic heterocycles. The molecule has 4 rings (SSSR count). The molecule has 7 heteroatoms. The SMILES string of the molecule is CCCCn1c(=O)c2c([nH]c3[n+]2CCCN3c2ccc(CC)cc2)n(C)c1=O. The Morgan fingerprint density at radius 2 is 1.89 bits per heavy atom. The molecule has 0 bridgehead atoms. The topological polar surface area (TPSA) is 66.9 Å². The van der Waals surface area contributed by atoms with E-state index in [0.29, 0.717) is 17.7 Å². The molecule has 7 nitrogen and oxygen atoms in total. The first kappa shape index (κ1) is 18.5. The largest absolute Gasteiger partial charge is 0.364 e. The highest BCUT2D eigenvalue weighted by atomic mass is 16.2. The summed E-state index contributed by atoms with van der Waals surface area (Å²) in [5.41, 5.74) is 3.11. The number of aromatic nitrogens is 4. The van der Waals surface area contributed by atoms with Crippen LogP contribution in [0.3, 0.4) is 0 Å². The minimum absolute atomic E-state index is 0.197. The van der Waals surface area contributed by atoms with Gasteiger partial charge in [-0.1, -0.05) is 32.4 Å². The van der Waals surface area contributed by atoms with Gasteiger partial charge in [0, 0.05) is 20.0 Å². The van der Waals surface area contributed by atoms with E-state index in [1.54, 1.807) is 11.6 Å². The smallest absolute Gasteiger partial charge is 0.267 e. The molecule has 2 aromatic heterocycles. The molecule has 28 heavy (non-hydrogen) atoms. The second-order valence-electron chi connectivity index (χ2n) is 7.47. The second-order valence-corrected chi connectivity index (χ2v) is 7.47. The summed E-state index contributed by atoms with van der Waals surface area (Å²) < 4.78 is 4.98. The van der Waals surface area contributed by atoms with E-state index in [1.165, 1.54) is 10.1 Å². The van der Waals surface area contributed by atoms with Gasteiger partial charge >= 0.3 is 11.6 Å². The fourth-order valence-electron chi connectivity index (χ4n) is 4.02. The molecule has 0 amide bonds. The number of aryl methyl sites for hydroxylation is 3. The Morgan fingerprint density at radius 1 is 1.14 bits per heavy atom. The van der Waals surface area contributed by atoms with Gasteiger partial charge in [0.1, 0.15) is 5.69 Å². The van der Waals surface area contributed by atoms with Crippen LogP contribution >= 0.6 is 0 Å². The molecule has 0 spiro atoms. The minimum atomic E-state index is -0.260.